The molecule has 2 heterocycles. The second-order valence-corrected chi connectivity index (χ2v) is 5.04. The molecule has 2 aromatic heterocycles. The van der Waals surface area contributed by atoms with Crippen LogP contribution in [0.4, 0.5) is 0 Å². The zero-order chi connectivity index (χ0) is 13.9. The zero-order valence-electron chi connectivity index (χ0n) is 11.1. The Bertz CT molecular complexity index is 560. The topological polar surface area (TPSA) is 82.8 Å². The molecule has 0 atom stereocenters. The largest absolute Gasteiger partial charge is 0.460 e. The number of hydrogen-bond acceptors (Lipinski definition) is 6. The summed E-state index contributed by atoms with van der Waals surface area (Å²) in [5.74, 6) is 0.285. The lowest BCUT2D eigenvalue weighted by molar-refractivity contribution is -0.153. The van der Waals surface area contributed by atoms with Crippen LogP contribution in [0.1, 0.15) is 26.3 Å². The monoisotopic (exact) mass is 261 g/mol. The molecule has 7 heteroatoms. The maximum Gasteiger partial charge on any atom is 0.310 e. The van der Waals surface area contributed by atoms with Gasteiger partial charge in [-0.3, -0.25) is 4.79 Å². The molecule has 0 aromatic carbocycles. The molecule has 2 aromatic rings. The Balaban J connectivity index is 2.10. The van der Waals surface area contributed by atoms with Crippen LogP contribution in [0.3, 0.4) is 0 Å². The number of pyridine rings is 1. The van der Waals surface area contributed by atoms with Crippen LogP contribution in [-0.4, -0.2) is 36.8 Å². The summed E-state index contributed by atoms with van der Waals surface area (Å²) in [5.41, 5.74) is 0.317. The fourth-order valence-electron chi connectivity index (χ4n) is 1.51. The van der Waals surface area contributed by atoms with Crippen LogP contribution >= 0.6 is 0 Å². The van der Waals surface area contributed by atoms with Gasteiger partial charge >= 0.3 is 5.97 Å². The highest BCUT2D eigenvalue weighted by Crippen LogP contribution is 2.11. The molecule has 0 N–H and O–H groups in total. The molecule has 0 saturated carbocycles. The molecule has 0 amide bonds. The first kappa shape index (κ1) is 13.1. The quantitative estimate of drug-likeness (QED) is 0.765. The van der Waals surface area contributed by atoms with Crippen molar-refractivity contribution in [3.63, 3.8) is 0 Å². The van der Waals surface area contributed by atoms with Gasteiger partial charge in [0.2, 0.25) is 0 Å². The van der Waals surface area contributed by atoms with Crippen molar-refractivity contribution in [2.75, 3.05) is 0 Å². The molecule has 0 fully saturated rings. The van der Waals surface area contributed by atoms with E-state index in [4.69, 9.17) is 4.74 Å². The number of carbonyl (C=O) groups is 1. The van der Waals surface area contributed by atoms with Gasteiger partial charge in [-0.1, -0.05) is 0 Å². The van der Waals surface area contributed by atoms with Crippen LogP contribution in [0.25, 0.3) is 5.82 Å². The maximum atomic E-state index is 11.7. The summed E-state index contributed by atoms with van der Waals surface area (Å²) in [7, 11) is 0. The standard InChI is InChI=1S/C12H15N5O2/c1-12(2,3)19-11(18)7-9-4-5-13-10(6-9)17-8-14-15-16-17/h4-6,8H,7H2,1-3H3. The Morgan fingerprint density at radius 1 is 1.42 bits per heavy atom. The van der Waals surface area contributed by atoms with E-state index in [0.29, 0.717) is 5.82 Å². The molecule has 0 aliphatic carbocycles. The minimum atomic E-state index is -0.483. The first-order valence-electron chi connectivity index (χ1n) is 5.84. The van der Waals surface area contributed by atoms with Crippen LogP contribution < -0.4 is 0 Å². The summed E-state index contributed by atoms with van der Waals surface area (Å²) in [6.45, 7) is 5.51. The highest BCUT2D eigenvalue weighted by atomic mass is 16.6. The number of esters is 1. The van der Waals surface area contributed by atoms with Crippen LogP contribution in [0, 0.1) is 0 Å². The van der Waals surface area contributed by atoms with Gasteiger partial charge < -0.3 is 4.74 Å². The van der Waals surface area contributed by atoms with Crippen molar-refractivity contribution in [3.8, 4) is 5.82 Å². The second kappa shape index (κ2) is 5.13. The van der Waals surface area contributed by atoms with Gasteiger partial charge in [0.05, 0.1) is 6.42 Å². The van der Waals surface area contributed by atoms with Crippen molar-refractivity contribution in [1.82, 2.24) is 25.2 Å². The minimum Gasteiger partial charge on any atom is -0.460 e. The summed E-state index contributed by atoms with van der Waals surface area (Å²) in [5, 5.41) is 10.8. The Morgan fingerprint density at radius 2 is 2.21 bits per heavy atom. The van der Waals surface area contributed by atoms with E-state index in [1.54, 1.807) is 18.3 Å². The fourth-order valence-corrected chi connectivity index (χ4v) is 1.51. The summed E-state index contributed by atoms with van der Waals surface area (Å²) < 4.78 is 6.69. The van der Waals surface area contributed by atoms with Gasteiger partial charge in [0.25, 0.3) is 0 Å². The lowest BCUT2D eigenvalue weighted by atomic mass is 10.1. The van der Waals surface area contributed by atoms with Crippen molar-refractivity contribution in [2.24, 2.45) is 0 Å². The molecule has 0 saturated heterocycles. The smallest absolute Gasteiger partial charge is 0.310 e. The van der Waals surface area contributed by atoms with E-state index in [1.807, 2.05) is 20.8 Å². The molecular weight excluding hydrogens is 246 g/mol. The van der Waals surface area contributed by atoms with Gasteiger partial charge in [0, 0.05) is 6.20 Å². The zero-order valence-corrected chi connectivity index (χ0v) is 11.1. The molecule has 0 spiro atoms. The molecular formula is C12H15N5O2. The molecule has 19 heavy (non-hydrogen) atoms. The van der Waals surface area contributed by atoms with Crippen molar-refractivity contribution in [1.29, 1.82) is 0 Å². The van der Waals surface area contributed by atoms with E-state index < -0.39 is 5.60 Å². The summed E-state index contributed by atoms with van der Waals surface area (Å²) >= 11 is 0. The van der Waals surface area contributed by atoms with E-state index in [-0.39, 0.29) is 12.4 Å². The average molecular weight is 261 g/mol. The Hall–Kier alpha value is -2.31. The first-order chi connectivity index (χ1) is 8.94. The van der Waals surface area contributed by atoms with Crippen molar-refractivity contribution in [2.45, 2.75) is 32.8 Å². The third kappa shape index (κ3) is 3.84. The lowest BCUT2D eigenvalue weighted by Crippen LogP contribution is -2.24. The Kier molecular flexibility index (Phi) is 3.55. The molecule has 7 nitrogen and oxygen atoms in total. The number of aromatic nitrogens is 5. The van der Waals surface area contributed by atoms with E-state index >= 15 is 0 Å². The van der Waals surface area contributed by atoms with Gasteiger partial charge in [0.1, 0.15) is 11.9 Å². The number of rotatable bonds is 3. The normalized spacial score (nSPS) is 11.3. The first-order valence-corrected chi connectivity index (χ1v) is 5.84. The van der Waals surface area contributed by atoms with Crippen LogP contribution in [-0.2, 0) is 16.0 Å². The van der Waals surface area contributed by atoms with Gasteiger partial charge in [-0.15, -0.1) is 5.10 Å². The Labute approximate surface area is 110 Å². The molecule has 0 aliphatic rings. The van der Waals surface area contributed by atoms with Gasteiger partial charge in [0.15, 0.2) is 5.82 Å². The summed E-state index contributed by atoms with van der Waals surface area (Å²) in [4.78, 5) is 15.9. The van der Waals surface area contributed by atoms with E-state index in [2.05, 4.69) is 20.5 Å². The number of hydrogen-bond donors (Lipinski definition) is 0. The fraction of sp³-hybridized carbons (Fsp3) is 0.417. The highest BCUT2D eigenvalue weighted by molar-refractivity contribution is 5.73. The van der Waals surface area contributed by atoms with E-state index in [0.717, 1.165) is 5.56 Å². The third-order valence-electron chi connectivity index (χ3n) is 2.16. The predicted octanol–water partition coefficient (Wildman–Crippen LogP) is 0.941. The minimum absolute atomic E-state index is 0.189. The van der Waals surface area contributed by atoms with Gasteiger partial charge in [-0.05, 0) is 48.9 Å². The average Bonchev–Trinajstić information content (AvgIpc) is 2.79. The predicted molar refractivity (Wildman–Crippen MR) is 66.5 cm³/mol. The molecule has 0 radical (unpaired) electrons. The summed E-state index contributed by atoms with van der Waals surface area (Å²) in [6, 6.07) is 3.51. The Morgan fingerprint density at radius 3 is 2.84 bits per heavy atom. The third-order valence-corrected chi connectivity index (χ3v) is 2.16. The summed E-state index contributed by atoms with van der Waals surface area (Å²) in [6.07, 6.45) is 3.24. The van der Waals surface area contributed by atoms with Crippen molar-refractivity contribution < 1.29 is 9.53 Å². The lowest BCUT2D eigenvalue weighted by Gasteiger charge is -2.19. The van der Waals surface area contributed by atoms with Crippen LogP contribution in [0.2, 0.25) is 0 Å². The van der Waals surface area contributed by atoms with Gasteiger partial charge in [-0.2, -0.15) is 4.68 Å². The van der Waals surface area contributed by atoms with Crippen molar-refractivity contribution in [3.05, 3.63) is 30.2 Å². The molecule has 0 bridgehead atoms. The second-order valence-electron chi connectivity index (χ2n) is 5.04. The van der Waals surface area contributed by atoms with Gasteiger partial charge in [-0.25, -0.2) is 4.98 Å². The molecule has 0 aliphatic heterocycles. The molecule has 2 rings (SSSR count). The number of tetrazole rings is 1. The molecule has 100 valence electrons. The number of nitrogens with zero attached hydrogens (tertiary/aromatic N) is 5. The maximum absolute atomic E-state index is 11.7. The van der Waals surface area contributed by atoms with Crippen LogP contribution in [0.15, 0.2) is 24.7 Å². The van der Waals surface area contributed by atoms with Crippen molar-refractivity contribution >= 4 is 5.97 Å². The SMILES string of the molecule is CC(C)(C)OC(=O)Cc1ccnc(-n2cnnn2)c1. The van der Waals surface area contributed by atoms with Crippen LogP contribution in [0.5, 0.6) is 0 Å². The molecule has 0 unspecified atom stereocenters. The highest BCUT2D eigenvalue weighted by Gasteiger charge is 2.16. The van der Waals surface area contributed by atoms with E-state index in [9.17, 15) is 4.79 Å². The number of carbonyl (C=O) groups excluding carboxylic acids is 1. The number of ether oxygens (including phenoxy) is 1. The van der Waals surface area contributed by atoms with E-state index in [1.165, 1.54) is 11.0 Å².